The number of aromatic nitrogens is 2. The standard InChI is InChI=1S/C15H14N2O/c1-11-7-8-17-10-14(16-15(17)9-11)12-3-5-13(18-2)6-4-12/h3-10H,1-2H3/p+1. The predicted molar refractivity (Wildman–Crippen MR) is 70.7 cm³/mol. The molecule has 0 unspecified atom stereocenters. The summed E-state index contributed by atoms with van der Waals surface area (Å²) in [5.74, 6) is 0.873. The van der Waals surface area contributed by atoms with Crippen molar-refractivity contribution in [3.63, 3.8) is 0 Å². The largest absolute Gasteiger partial charge is 0.497 e. The lowest BCUT2D eigenvalue weighted by Crippen LogP contribution is -2.16. The van der Waals surface area contributed by atoms with Gasteiger partial charge in [-0.3, -0.25) is 0 Å². The van der Waals surface area contributed by atoms with Gasteiger partial charge in [0.25, 0.3) is 5.65 Å². The molecule has 1 aromatic carbocycles. The van der Waals surface area contributed by atoms with E-state index in [2.05, 4.69) is 53.0 Å². The first-order valence-corrected chi connectivity index (χ1v) is 5.91. The van der Waals surface area contributed by atoms with Crippen LogP contribution in [0.4, 0.5) is 0 Å². The summed E-state index contributed by atoms with van der Waals surface area (Å²) in [4.78, 5) is 3.41. The van der Waals surface area contributed by atoms with Gasteiger partial charge in [0.1, 0.15) is 11.9 Å². The number of fused-ring (bicyclic) bond motifs is 1. The van der Waals surface area contributed by atoms with Crippen molar-refractivity contribution in [1.29, 1.82) is 0 Å². The molecule has 0 aliphatic heterocycles. The van der Waals surface area contributed by atoms with Crippen molar-refractivity contribution in [2.45, 2.75) is 6.92 Å². The zero-order chi connectivity index (χ0) is 12.5. The molecule has 0 aliphatic carbocycles. The first kappa shape index (κ1) is 10.8. The van der Waals surface area contributed by atoms with Gasteiger partial charge in [0, 0.05) is 11.6 Å². The third-order valence-electron chi connectivity index (χ3n) is 3.07. The molecule has 0 radical (unpaired) electrons. The molecule has 2 aromatic heterocycles. The van der Waals surface area contributed by atoms with Crippen LogP contribution in [-0.4, -0.2) is 12.1 Å². The molecule has 0 bridgehead atoms. The van der Waals surface area contributed by atoms with Crippen molar-refractivity contribution in [1.82, 2.24) is 4.98 Å². The van der Waals surface area contributed by atoms with Gasteiger partial charge < -0.3 is 4.74 Å². The Kier molecular flexibility index (Phi) is 2.52. The van der Waals surface area contributed by atoms with Crippen molar-refractivity contribution in [3.8, 4) is 17.0 Å². The highest BCUT2D eigenvalue weighted by molar-refractivity contribution is 5.61. The third kappa shape index (κ3) is 1.84. The Morgan fingerprint density at radius 2 is 1.89 bits per heavy atom. The van der Waals surface area contributed by atoms with Crippen LogP contribution in [0.15, 0.2) is 48.8 Å². The Morgan fingerprint density at radius 1 is 1.11 bits per heavy atom. The molecule has 18 heavy (non-hydrogen) atoms. The molecule has 3 aromatic rings. The minimum absolute atomic E-state index is 0.873. The molecule has 0 fully saturated rings. The zero-order valence-electron chi connectivity index (χ0n) is 10.5. The molecule has 0 aliphatic rings. The number of hydrogen-bond acceptors (Lipinski definition) is 1. The molecule has 90 valence electrons. The molecular weight excluding hydrogens is 224 g/mol. The second-order valence-corrected chi connectivity index (χ2v) is 4.39. The molecule has 0 spiro atoms. The summed E-state index contributed by atoms with van der Waals surface area (Å²) in [6, 6.07) is 12.3. The fraction of sp³-hybridized carbons (Fsp3) is 0.133. The Labute approximate surface area is 106 Å². The predicted octanol–water partition coefficient (Wildman–Crippen LogP) is 2.74. The van der Waals surface area contributed by atoms with Crippen LogP contribution >= 0.6 is 0 Å². The number of aryl methyl sites for hydroxylation is 1. The van der Waals surface area contributed by atoms with Crippen molar-refractivity contribution < 1.29 is 9.14 Å². The number of pyridine rings is 1. The lowest BCUT2D eigenvalue weighted by molar-refractivity contribution is -0.509. The average Bonchev–Trinajstić information content (AvgIpc) is 2.81. The highest BCUT2D eigenvalue weighted by Gasteiger charge is 2.10. The summed E-state index contributed by atoms with van der Waals surface area (Å²) in [5.41, 5.74) is 4.60. The van der Waals surface area contributed by atoms with Crippen LogP contribution in [0.25, 0.3) is 16.9 Å². The van der Waals surface area contributed by atoms with Crippen LogP contribution in [0.5, 0.6) is 5.75 Å². The smallest absolute Gasteiger partial charge is 0.284 e. The van der Waals surface area contributed by atoms with Crippen molar-refractivity contribution in [2.75, 3.05) is 7.11 Å². The third-order valence-corrected chi connectivity index (χ3v) is 3.07. The van der Waals surface area contributed by atoms with E-state index in [1.54, 1.807) is 7.11 Å². The van der Waals surface area contributed by atoms with Crippen LogP contribution in [0, 0.1) is 6.92 Å². The summed E-state index contributed by atoms with van der Waals surface area (Å²) in [6.45, 7) is 2.09. The Hall–Kier alpha value is -2.29. The average molecular weight is 239 g/mol. The van der Waals surface area contributed by atoms with Crippen LogP contribution in [0.2, 0.25) is 0 Å². The highest BCUT2D eigenvalue weighted by Crippen LogP contribution is 2.20. The molecule has 0 saturated heterocycles. The van der Waals surface area contributed by atoms with Gasteiger partial charge in [-0.1, -0.05) is 0 Å². The summed E-state index contributed by atoms with van der Waals surface area (Å²) in [5, 5.41) is 0. The SMILES string of the molecule is COc1ccc(-c2c[n+]3ccc(C)cc3[nH]2)cc1. The maximum absolute atomic E-state index is 5.16. The van der Waals surface area contributed by atoms with Gasteiger partial charge in [-0.25, -0.2) is 9.38 Å². The highest BCUT2D eigenvalue weighted by atomic mass is 16.5. The van der Waals surface area contributed by atoms with E-state index in [1.165, 1.54) is 5.56 Å². The molecule has 3 nitrogen and oxygen atoms in total. The van der Waals surface area contributed by atoms with Crippen molar-refractivity contribution in [2.24, 2.45) is 0 Å². The van der Waals surface area contributed by atoms with Gasteiger partial charge in [0.2, 0.25) is 0 Å². The van der Waals surface area contributed by atoms with Crippen LogP contribution in [-0.2, 0) is 0 Å². The molecule has 0 amide bonds. The number of ether oxygens (including phenoxy) is 1. The lowest BCUT2D eigenvalue weighted by Gasteiger charge is -1.98. The van der Waals surface area contributed by atoms with E-state index in [4.69, 9.17) is 4.74 Å². The number of hydrogen-bond donors (Lipinski definition) is 1. The van der Waals surface area contributed by atoms with Gasteiger partial charge >= 0.3 is 0 Å². The summed E-state index contributed by atoms with van der Waals surface area (Å²) < 4.78 is 7.25. The Bertz CT molecular complexity index is 683. The second-order valence-electron chi connectivity index (χ2n) is 4.39. The fourth-order valence-electron chi connectivity index (χ4n) is 2.06. The van der Waals surface area contributed by atoms with E-state index in [9.17, 15) is 0 Å². The number of nitrogens with one attached hydrogen (secondary N) is 1. The van der Waals surface area contributed by atoms with Gasteiger partial charge in [-0.05, 0) is 42.8 Å². The number of aromatic amines is 1. The zero-order valence-corrected chi connectivity index (χ0v) is 10.5. The molecule has 0 saturated carbocycles. The normalized spacial score (nSPS) is 10.8. The topological polar surface area (TPSA) is 29.1 Å². The van der Waals surface area contributed by atoms with Gasteiger partial charge in [-0.15, -0.1) is 0 Å². The van der Waals surface area contributed by atoms with E-state index in [1.807, 2.05) is 12.1 Å². The van der Waals surface area contributed by atoms with E-state index in [0.717, 1.165) is 22.7 Å². The summed E-state index contributed by atoms with van der Waals surface area (Å²) in [7, 11) is 1.68. The minimum Gasteiger partial charge on any atom is -0.497 e. The van der Waals surface area contributed by atoms with Crippen LogP contribution < -0.4 is 9.14 Å². The monoisotopic (exact) mass is 239 g/mol. The maximum atomic E-state index is 5.16. The van der Waals surface area contributed by atoms with Gasteiger partial charge in [-0.2, -0.15) is 0 Å². The lowest BCUT2D eigenvalue weighted by atomic mass is 10.2. The molecule has 3 heteroatoms. The van der Waals surface area contributed by atoms with Gasteiger partial charge in [0.05, 0.1) is 13.3 Å². The molecular formula is C15H15N2O+. The Balaban J connectivity index is 2.07. The number of imidazole rings is 1. The first-order valence-electron chi connectivity index (χ1n) is 5.91. The number of nitrogens with zero attached hydrogens (tertiary/aromatic N) is 1. The molecule has 1 N–H and O–H groups in total. The molecule has 2 heterocycles. The first-order chi connectivity index (χ1) is 8.76. The van der Waals surface area contributed by atoms with Crippen molar-refractivity contribution in [3.05, 3.63) is 54.4 Å². The quantitative estimate of drug-likeness (QED) is 0.684. The van der Waals surface area contributed by atoms with E-state index in [0.29, 0.717) is 0 Å². The van der Waals surface area contributed by atoms with E-state index in [-0.39, 0.29) is 0 Å². The van der Waals surface area contributed by atoms with Crippen LogP contribution in [0.1, 0.15) is 5.56 Å². The molecule has 3 rings (SSSR count). The Morgan fingerprint density at radius 3 is 2.61 bits per heavy atom. The minimum atomic E-state index is 0.873. The summed E-state index contributed by atoms with van der Waals surface area (Å²) >= 11 is 0. The molecule has 0 atom stereocenters. The summed E-state index contributed by atoms with van der Waals surface area (Å²) in [6.07, 6.45) is 4.16. The number of benzene rings is 1. The number of rotatable bonds is 2. The number of methoxy groups -OCH3 is 1. The van der Waals surface area contributed by atoms with Gasteiger partial charge in [0.15, 0.2) is 5.69 Å². The van der Waals surface area contributed by atoms with E-state index < -0.39 is 0 Å². The van der Waals surface area contributed by atoms with E-state index >= 15 is 0 Å². The maximum Gasteiger partial charge on any atom is 0.284 e. The number of H-pyrrole nitrogens is 1. The fourth-order valence-corrected chi connectivity index (χ4v) is 2.06. The van der Waals surface area contributed by atoms with Crippen LogP contribution in [0.3, 0.4) is 0 Å². The second kappa shape index (κ2) is 4.18. The van der Waals surface area contributed by atoms with Crippen molar-refractivity contribution >= 4 is 5.65 Å².